The van der Waals surface area contributed by atoms with Crippen molar-refractivity contribution < 1.29 is 14.0 Å². The van der Waals surface area contributed by atoms with E-state index in [9.17, 15) is 9.59 Å². The maximum atomic E-state index is 12.8. The fourth-order valence-electron chi connectivity index (χ4n) is 2.89. The van der Waals surface area contributed by atoms with Gasteiger partial charge in [0, 0.05) is 22.8 Å². The molecule has 2 amide bonds. The van der Waals surface area contributed by atoms with Crippen LogP contribution in [0, 0.1) is 6.92 Å². The van der Waals surface area contributed by atoms with E-state index in [2.05, 4.69) is 15.6 Å². The number of amides is 2. The standard InChI is InChI=1S/C22H17N3O3/c1-14-9-10-16(13-18(14)25-22(27)19-8-4-12-28-19)21(26)24-17-7-2-5-15-6-3-11-23-20(15)17/h2-13H,1H3,(H,24,26)(H,25,27). The molecule has 4 rings (SSSR count). The first-order valence-corrected chi connectivity index (χ1v) is 8.72. The van der Waals surface area contributed by atoms with E-state index < -0.39 is 0 Å². The van der Waals surface area contributed by atoms with E-state index in [1.54, 1.807) is 42.6 Å². The van der Waals surface area contributed by atoms with Gasteiger partial charge < -0.3 is 15.1 Å². The van der Waals surface area contributed by atoms with E-state index in [-0.39, 0.29) is 17.6 Å². The Morgan fingerprint density at radius 1 is 0.893 bits per heavy atom. The first-order valence-electron chi connectivity index (χ1n) is 8.72. The lowest BCUT2D eigenvalue weighted by molar-refractivity contribution is 0.0993. The van der Waals surface area contributed by atoms with Crippen LogP contribution >= 0.6 is 0 Å². The molecule has 0 fully saturated rings. The molecule has 2 heterocycles. The Balaban J connectivity index is 1.58. The molecule has 0 aliphatic heterocycles. The number of aryl methyl sites for hydroxylation is 1. The van der Waals surface area contributed by atoms with Crippen LogP contribution in [0.25, 0.3) is 10.9 Å². The summed E-state index contributed by atoms with van der Waals surface area (Å²) in [5.41, 5.74) is 3.16. The Labute approximate surface area is 161 Å². The van der Waals surface area contributed by atoms with Crippen molar-refractivity contribution in [2.24, 2.45) is 0 Å². The van der Waals surface area contributed by atoms with Crippen LogP contribution < -0.4 is 10.6 Å². The number of aromatic nitrogens is 1. The van der Waals surface area contributed by atoms with Crippen LogP contribution in [0.3, 0.4) is 0 Å². The van der Waals surface area contributed by atoms with E-state index in [1.807, 2.05) is 31.2 Å². The molecule has 0 bridgehead atoms. The molecule has 0 atom stereocenters. The molecule has 0 spiro atoms. The number of nitrogens with one attached hydrogen (secondary N) is 2. The van der Waals surface area contributed by atoms with E-state index in [4.69, 9.17) is 4.42 Å². The minimum absolute atomic E-state index is 0.205. The molecule has 138 valence electrons. The van der Waals surface area contributed by atoms with Gasteiger partial charge in [-0.3, -0.25) is 14.6 Å². The van der Waals surface area contributed by atoms with Gasteiger partial charge in [0.25, 0.3) is 11.8 Å². The molecule has 2 N–H and O–H groups in total. The summed E-state index contributed by atoms with van der Waals surface area (Å²) in [6.45, 7) is 1.86. The van der Waals surface area contributed by atoms with Crippen molar-refractivity contribution in [3.63, 3.8) is 0 Å². The van der Waals surface area contributed by atoms with Crippen LogP contribution in [0.15, 0.2) is 77.5 Å². The maximum absolute atomic E-state index is 12.8. The largest absolute Gasteiger partial charge is 0.459 e. The number of nitrogens with zero attached hydrogens (tertiary/aromatic N) is 1. The Bertz CT molecular complexity index is 1160. The lowest BCUT2D eigenvalue weighted by Gasteiger charge is -2.11. The molecular weight excluding hydrogens is 354 g/mol. The zero-order chi connectivity index (χ0) is 19.5. The van der Waals surface area contributed by atoms with Crippen molar-refractivity contribution in [2.75, 3.05) is 10.6 Å². The Morgan fingerprint density at radius 3 is 2.54 bits per heavy atom. The quantitative estimate of drug-likeness (QED) is 0.547. The predicted octanol–water partition coefficient (Wildman–Crippen LogP) is 4.64. The van der Waals surface area contributed by atoms with Crippen molar-refractivity contribution in [1.82, 2.24) is 4.98 Å². The summed E-state index contributed by atoms with van der Waals surface area (Å²) in [5, 5.41) is 6.61. The van der Waals surface area contributed by atoms with Crippen molar-refractivity contribution in [2.45, 2.75) is 6.92 Å². The van der Waals surface area contributed by atoms with Gasteiger partial charge in [-0.25, -0.2) is 0 Å². The molecule has 0 aliphatic rings. The second-order valence-electron chi connectivity index (χ2n) is 6.30. The number of carbonyl (C=O) groups is 2. The summed E-state index contributed by atoms with van der Waals surface area (Å²) in [6.07, 6.45) is 3.12. The highest BCUT2D eigenvalue weighted by atomic mass is 16.3. The minimum Gasteiger partial charge on any atom is -0.459 e. The van der Waals surface area contributed by atoms with Gasteiger partial charge in [0.1, 0.15) is 0 Å². The highest BCUT2D eigenvalue weighted by Gasteiger charge is 2.14. The Kier molecular flexibility index (Phi) is 4.60. The van der Waals surface area contributed by atoms with Crippen LogP contribution in [0.5, 0.6) is 0 Å². The molecular formula is C22H17N3O3. The molecule has 6 heteroatoms. The van der Waals surface area contributed by atoms with Crippen LogP contribution in [0.1, 0.15) is 26.5 Å². The predicted molar refractivity (Wildman–Crippen MR) is 108 cm³/mol. The number of benzene rings is 2. The van der Waals surface area contributed by atoms with Gasteiger partial charge in [-0.15, -0.1) is 0 Å². The normalized spacial score (nSPS) is 10.6. The fraction of sp³-hybridized carbons (Fsp3) is 0.0455. The van der Waals surface area contributed by atoms with E-state index in [0.717, 1.165) is 16.5 Å². The van der Waals surface area contributed by atoms with Gasteiger partial charge in [-0.1, -0.05) is 24.3 Å². The minimum atomic E-state index is -0.371. The third-order valence-corrected chi connectivity index (χ3v) is 4.37. The number of fused-ring (bicyclic) bond motifs is 1. The highest BCUT2D eigenvalue weighted by molar-refractivity contribution is 6.09. The molecule has 2 aromatic carbocycles. The molecule has 0 saturated carbocycles. The first kappa shape index (κ1) is 17.5. The summed E-state index contributed by atoms with van der Waals surface area (Å²) >= 11 is 0. The van der Waals surface area contributed by atoms with Crippen LogP contribution in [0.2, 0.25) is 0 Å². The van der Waals surface area contributed by atoms with Gasteiger partial charge in [0.2, 0.25) is 0 Å². The molecule has 0 radical (unpaired) electrons. The van der Waals surface area contributed by atoms with Crippen molar-refractivity contribution in [3.05, 3.63) is 90.0 Å². The van der Waals surface area contributed by atoms with Crippen molar-refractivity contribution in [3.8, 4) is 0 Å². The molecule has 4 aromatic rings. The smallest absolute Gasteiger partial charge is 0.291 e. The number of hydrogen-bond donors (Lipinski definition) is 2. The van der Waals surface area contributed by atoms with Gasteiger partial charge >= 0.3 is 0 Å². The first-order chi connectivity index (χ1) is 13.6. The molecule has 0 aliphatic carbocycles. The average molecular weight is 371 g/mol. The molecule has 0 unspecified atom stereocenters. The molecule has 6 nitrogen and oxygen atoms in total. The maximum Gasteiger partial charge on any atom is 0.291 e. The third kappa shape index (κ3) is 3.48. The number of pyridine rings is 1. The number of furan rings is 1. The number of para-hydroxylation sites is 1. The Hall–Kier alpha value is -3.93. The highest BCUT2D eigenvalue weighted by Crippen LogP contribution is 2.23. The van der Waals surface area contributed by atoms with Crippen molar-refractivity contribution in [1.29, 1.82) is 0 Å². The van der Waals surface area contributed by atoms with E-state index >= 15 is 0 Å². The summed E-state index contributed by atoms with van der Waals surface area (Å²) < 4.78 is 5.11. The lowest BCUT2D eigenvalue weighted by atomic mass is 10.1. The second-order valence-corrected chi connectivity index (χ2v) is 6.30. The third-order valence-electron chi connectivity index (χ3n) is 4.37. The topological polar surface area (TPSA) is 84.2 Å². The number of carbonyl (C=O) groups excluding carboxylic acids is 2. The summed E-state index contributed by atoms with van der Waals surface area (Å²) in [5.74, 6) is -0.452. The zero-order valence-electron chi connectivity index (χ0n) is 15.1. The van der Waals surface area contributed by atoms with Crippen molar-refractivity contribution >= 4 is 34.1 Å². The van der Waals surface area contributed by atoms with Gasteiger partial charge in [0.05, 0.1) is 17.5 Å². The monoisotopic (exact) mass is 371 g/mol. The summed E-state index contributed by atoms with van der Waals surface area (Å²) in [7, 11) is 0. The molecule has 2 aromatic heterocycles. The van der Waals surface area contributed by atoms with E-state index in [1.165, 1.54) is 6.26 Å². The van der Waals surface area contributed by atoms with Gasteiger partial charge in [-0.2, -0.15) is 0 Å². The number of anilines is 2. The van der Waals surface area contributed by atoms with E-state index in [0.29, 0.717) is 16.9 Å². The Morgan fingerprint density at radius 2 is 1.71 bits per heavy atom. The van der Waals surface area contributed by atoms with Crippen LogP contribution in [-0.2, 0) is 0 Å². The molecule has 28 heavy (non-hydrogen) atoms. The zero-order valence-corrected chi connectivity index (χ0v) is 15.1. The van der Waals surface area contributed by atoms with Crippen LogP contribution in [0.4, 0.5) is 11.4 Å². The summed E-state index contributed by atoms with van der Waals surface area (Å²) in [6, 6.07) is 17.8. The van der Waals surface area contributed by atoms with Gasteiger partial charge in [0.15, 0.2) is 5.76 Å². The lowest BCUT2D eigenvalue weighted by Crippen LogP contribution is -2.15. The number of rotatable bonds is 4. The number of hydrogen-bond acceptors (Lipinski definition) is 4. The molecule has 0 saturated heterocycles. The fourth-order valence-corrected chi connectivity index (χ4v) is 2.89. The average Bonchev–Trinajstić information content (AvgIpc) is 3.25. The van der Waals surface area contributed by atoms with Crippen LogP contribution in [-0.4, -0.2) is 16.8 Å². The summed E-state index contributed by atoms with van der Waals surface area (Å²) in [4.78, 5) is 29.3. The second kappa shape index (κ2) is 7.36. The van der Waals surface area contributed by atoms with Gasteiger partial charge in [-0.05, 0) is 48.9 Å². The SMILES string of the molecule is Cc1ccc(C(=O)Nc2cccc3cccnc23)cc1NC(=O)c1ccco1.